The monoisotopic (exact) mass is 253 g/mol. The van der Waals surface area contributed by atoms with Gasteiger partial charge in [0.15, 0.2) is 0 Å². The molecule has 2 N–H and O–H groups in total. The number of nitrogens with two attached hydrogens (primary N) is 1. The smallest absolute Gasteiger partial charge is 0.340 e. The van der Waals surface area contributed by atoms with Gasteiger partial charge in [-0.15, -0.1) is 0 Å². The Labute approximate surface area is 107 Å². The molecule has 1 rings (SSSR count). The van der Waals surface area contributed by atoms with Gasteiger partial charge in [-0.2, -0.15) is 0 Å². The Morgan fingerprint density at radius 2 is 2.22 bits per heavy atom. The van der Waals surface area contributed by atoms with Crippen LogP contribution in [0.4, 0.5) is 5.69 Å². The summed E-state index contributed by atoms with van der Waals surface area (Å²) in [6, 6.07) is 1.52. The molecular formula is C12H19N3O3. The molecule has 0 atom stereocenters. The van der Waals surface area contributed by atoms with Gasteiger partial charge in [-0.3, -0.25) is 0 Å². The predicted octanol–water partition coefficient (Wildman–Crippen LogP) is 0.781. The SMILES string of the molecule is CCOC(=O)c1ccnc(OCCN(C)C)c1N. The molecule has 0 saturated carbocycles. The van der Waals surface area contributed by atoms with Crippen LogP contribution in [0.1, 0.15) is 17.3 Å². The predicted molar refractivity (Wildman–Crippen MR) is 68.7 cm³/mol. The van der Waals surface area contributed by atoms with E-state index in [-0.39, 0.29) is 17.1 Å². The topological polar surface area (TPSA) is 77.7 Å². The first-order valence-electron chi connectivity index (χ1n) is 5.75. The zero-order valence-corrected chi connectivity index (χ0v) is 11.0. The average molecular weight is 253 g/mol. The van der Waals surface area contributed by atoms with Gasteiger partial charge in [0.2, 0.25) is 5.88 Å². The number of pyridine rings is 1. The van der Waals surface area contributed by atoms with Crippen LogP contribution in [-0.4, -0.2) is 49.7 Å². The summed E-state index contributed by atoms with van der Waals surface area (Å²) < 4.78 is 10.3. The molecule has 1 aromatic rings. The average Bonchev–Trinajstić information content (AvgIpc) is 2.31. The summed E-state index contributed by atoms with van der Waals surface area (Å²) in [4.78, 5) is 17.6. The zero-order chi connectivity index (χ0) is 13.5. The standard InChI is InChI=1S/C12H19N3O3/c1-4-17-12(16)9-5-6-14-11(10(9)13)18-8-7-15(2)3/h5-6H,4,7-8,13H2,1-3H3. The van der Waals surface area contributed by atoms with Crippen molar-refractivity contribution in [2.75, 3.05) is 39.6 Å². The van der Waals surface area contributed by atoms with Gasteiger partial charge < -0.3 is 20.1 Å². The van der Waals surface area contributed by atoms with E-state index in [1.807, 2.05) is 19.0 Å². The van der Waals surface area contributed by atoms with Crippen molar-refractivity contribution in [3.05, 3.63) is 17.8 Å². The molecule has 0 aliphatic carbocycles. The number of carbonyl (C=O) groups excluding carboxylic acids is 1. The molecule has 6 nitrogen and oxygen atoms in total. The summed E-state index contributed by atoms with van der Waals surface area (Å²) >= 11 is 0. The lowest BCUT2D eigenvalue weighted by molar-refractivity contribution is 0.0527. The van der Waals surface area contributed by atoms with Gasteiger partial charge in [0, 0.05) is 12.7 Å². The van der Waals surface area contributed by atoms with Crippen molar-refractivity contribution in [1.29, 1.82) is 0 Å². The summed E-state index contributed by atoms with van der Waals surface area (Å²) in [5.41, 5.74) is 6.33. The molecule has 0 spiro atoms. The third kappa shape index (κ3) is 3.89. The third-order valence-corrected chi connectivity index (χ3v) is 2.23. The second-order valence-corrected chi connectivity index (χ2v) is 3.95. The van der Waals surface area contributed by atoms with E-state index >= 15 is 0 Å². The second-order valence-electron chi connectivity index (χ2n) is 3.95. The minimum atomic E-state index is -0.463. The van der Waals surface area contributed by atoms with Crippen LogP contribution in [0, 0.1) is 0 Å². The molecule has 100 valence electrons. The van der Waals surface area contributed by atoms with Crippen LogP contribution in [0.25, 0.3) is 0 Å². The summed E-state index contributed by atoms with van der Waals surface area (Å²) in [5, 5.41) is 0. The number of hydrogen-bond acceptors (Lipinski definition) is 6. The van der Waals surface area contributed by atoms with E-state index in [4.69, 9.17) is 15.2 Å². The first-order chi connectivity index (χ1) is 8.56. The summed E-state index contributed by atoms with van der Waals surface area (Å²) in [6.07, 6.45) is 1.48. The van der Waals surface area contributed by atoms with Crippen LogP contribution in [0.15, 0.2) is 12.3 Å². The van der Waals surface area contributed by atoms with Crippen molar-refractivity contribution in [3.8, 4) is 5.88 Å². The normalized spacial score (nSPS) is 10.4. The lowest BCUT2D eigenvalue weighted by Gasteiger charge is -2.13. The molecule has 0 radical (unpaired) electrons. The van der Waals surface area contributed by atoms with Crippen molar-refractivity contribution in [3.63, 3.8) is 0 Å². The molecule has 18 heavy (non-hydrogen) atoms. The van der Waals surface area contributed by atoms with Crippen LogP contribution >= 0.6 is 0 Å². The van der Waals surface area contributed by atoms with Crippen LogP contribution in [0.5, 0.6) is 5.88 Å². The maximum Gasteiger partial charge on any atom is 0.340 e. The van der Waals surface area contributed by atoms with E-state index in [1.165, 1.54) is 12.3 Å². The number of aromatic nitrogens is 1. The van der Waals surface area contributed by atoms with Crippen molar-refractivity contribution < 1.29 is 14.3 Å². The Kier molecular flexibility index (Phi) is 5.38. The van der Waals surface area contributed by atoms with Gasteiger partial charge in [0.05, 0.1) is 12.2 Å². The number of nitrogen functional groups attached to an aromatic ring is 1. The molecular weight excluding hydrogens is 234 g/mol. The van der Waals surface area contributed by atoms with Crippen molar-refractivity contribution >= 4 is 11.7 Å². The summed E-state index contributed by atoms with van der Waals surface area (Å²) in [6.45, 7) is 3.24. The highest BCUT2D eigenvalue weighted by atomic mass is 16.5. The van der Waals surface area contributed by atoms with Crippen molar-refractivity contribution in [2.24, 2.45) is 0 Å². The lowest BCUT2D eigenvalue weighted by Crippen LogP contribution is -2.20. The summed E-state index contributed by atoms with van der Waals surface area (Å²) in [7, 11) is 3.88. The fourth-order valence-corrected chi connectivity index (χ4v) is 1.28. The van der Waals surface area contributed by atoms with Crippen LogP contribution < -0.4 is 10.5 Å². The number of likely N-dealkylation sites (N-methyl/N-ethyl adjacent to an activating group) is 1. The number of nitrogens with zero attached hydrogens (tertiary/aromatic N) is 2. The Morgan fingerprint density at radius 3 is 2.83 bits per heavy atom. The van der Waals surface area contributed by atoms with E-state index in [2.05, 4.69) is 4.98 Å². The number of carbonyl (C=O) groups is 1. The highest BCUT2D eigenvalue weighted by Crippen LogP contribution is 2.22. The maximum atomic E-state index is 11.6. The molecule has 1 heterocycles. The number of rotatable bonds is 6. The van der Waals surface area contributed by atoms with E-state index in [0.717, 1.165) is 6.54 Å². The number of ether oxygens (including phenoxy) is 2. The zero-order valence-electron chi connectivity index (χ0n) is 11.0. The highest BCUT2D eigenvalue weighted by molar-refractivity contribution is 5.96. The molecule has 6 heteroatoms. The number of hydrogen-bond donors (Lipinski definition) is 1. The van der Waals surface area contributed by atoms with Crippen molar-refractivity contribution in [1.82, 2.24) is 9.88 Å². The maximum absolute atomic E-state index is 11.6. The third-order valence-electron chi connectivity index (χ3n) is 2.23. The van der Waals surface area contributed by atoms with Gasteiger partial charge in [-0.05, 0) is 27.1 Å². The Bertz CT molecular complexity index is 408. The quantitative estimate of drug-likeness (QED) is 0.755. The molecule has 0 aliphatic heterocycles. The van der Waals surface area contributed by atoms with E-state index < -0.39 is 5.97 Å². The van der Waals surface area contributed by atoms with E-state index in [1.54, 1.807) is 6.92 Å². The minimum absolute atomic E-state index is 0.217. The highest BCUT2D eigenvalue weighted by Gasteiger charge is 2.15. The van der Waals surface area contributed by atoms with Gasteiger partial charge in [0.25, 0.3) is 0 Å². The lowest BCUT2D eigenvalue weighted by atomic mass is 10.2. The Morgan fingerprint density at radius 1 is 1.50 bits per heavy atom. The molecule has 0 unspecified atom stereocenters. The van der Waals surface area contributed by atoms with Gasteiger partial charge in [-0.1, -0.05) is 0 Å². The fraction of sp³-hybridized carbons (Fsp3) is 0.500. The molecule has 0 fully saturated rings. The number of anilines is 1. The van der Waals surface area contributed by atoms with Crippen LogP contribution in [0.2, 0.25) is 0 Å². The molecule has 0 saturated heterocycles. The van der Waals surface area contributed by atoms with Gasteiger partial charge in [-0.25, -0.2) is 9.78 Å². The molecule has 1 aromatic heterocycles. The molecule has 0 bridgehead atoms. The van der Waals surface area contributed by atoms with Crippen LogP contribution in [-0.2, 0) is 4.74 Å². The van der Waals surface area contributed by atoms with E-state index in [9.17, 15) is 4.79 Å². The number of esters is 1. The largest absolute Gasteiger partial charge is 0.475 e. The van der Waals surface area contributed by atoms with Gasteiger partial charge in [0.1, 0.15) is 12.3 Å². The first-order valence-corrected chi connectivity index (χ1v) is 5.75. The van der Waals surface area contributed by atoms with Crippen molar-refractivity contribution in [2.45, 2.75) is 6.92 Å². The Balaban J connectivity index is 2.75. The Hall–Kier alpha value is -1.82. The van der Waals surface area contributed by atoms with Gasteiger partial charge >= 0.3 is 5.97 Å². The molecule has 0 aromatic carbocycles. The summed E-state index contributed by atoms with van der Waals surface area (Å²) in [5.74, 6) is -0.197. The fourth-order valence-electron chi connectivity index (χ4n) is 1.28. The molecule has 0 aliphatic rings. The van der Waals surface area contributed by atoms with E-state index in [0.29, 0.717) is 13.2 Å². The second kappa shape index (κ2) is 6.80. The minimum Gasteiger partial charge on any atom is -0.475 e. The first kappa shape index (κ1) is 14.2. The molecule has 0 amide bonds. The van der Waals surface area contributed by atoms with Crippen LogP contribution in [0.3, 0.4) is 0 Å².